The Balaban J connectivity index is 1.86. The maximum atomic E-state index is 13.8. The van der Waals surface area contributed by atoms with Gasteiger partial charge in [0.15, 0.2) is 0 Å². The highest BCUT2D eigenvalue weighted by Gasteiger charge is 2.30. The number of nitrogens with one attached hydrogen (secondary N) is 1. The Morgan fingerprint density at radius 1 is 0.975 bits per heavy atom. The number of halogens is 1. The molecular formula is C30H36ClN3O5S. The number of ether oxygens (including phenoxy) is 1. The first kappa shape index (κ1) is 31.0. The van der Waals surface area contributed by atoms with E-state index >= 15 is 0 Å². The highest BCUT2D eigenvalue weighted by molar-refractivity contribution is 7.92. The van der Waals surface area contributed by atoms with Crippen molar-refractivity contribution in [3.05, 3.63) is 95.0 Å². The van der Waals surface area contributed by atoms with E-state index in [1.54, 1.807) is 47.4 Å². The second-order valence-corrected chi connectivity index (χ2v) is 11.7. The summed E-state index contributed by atoms with van der Waals surface area (Å²) in [7, 11) is -2.11. The molecule has 0 saturated carbocycles. The Kier molecular flexibility index (Phi) is 11.4. The number of benzene rings is 3. The van der Waals surface area contributed by atoms with Crippen molar-refractivity contribution in [2.24, 2.45) is 0 Å². The lowest BCUT2D eigenvalue weighted by Gasteiger charge is -2.32. The van der Waals surface area contributed by atoms with Crippen molar-refractivity contribution >= 4 is 39.1 Å². The number of carbonyl (C=O) groups is 2. The molecule has 0 unspecified atom stereocenters. The van der Waals surface area contributed by atoms with E-state index in [2.05, 4.69) is 5.32 Å². The van der Waals surface area contributed by atoms with Crippen LogP contribution in [-0.4, -0.2) is 57.6 Å². The number of carbonyl (C=O) groups excluding carboxylic acids is 2. The van der Waals surface area contributed by atoms with E-state index in [-0.39, 0.29) is 37.7 Å². The highest BCUT2D eigenvalue weighted by Crippen LogP contribution is 2.24. The summed E-state index contributed by atoms with van der Waals surface area (Å²) in [6.45, 7) is 2.53. The zero-order chi connectivity index (χ0) is 29.1. The Morgan fingerprint density at radius 2 is 1.68 bits per heavy atom. The minimum Gasteiger partial charge on any atom is -0.497 e. The molecule has 3 aromatic carbocycles. The summed E-state index contributed by atoms with van der Waals surface area (Å²) in [5.74, 6) is 0.0164. The molecule has 1 atom stereocenters. The summed E-state index contributed by atoms with van der Waals surface area (Å²) in [6.07, 6.45) is 1.76. The molecule has 0 aromatic heterocycles. The van der Waals surface area contributed by atoms with Crippen LogP contribution < -0.4 is 14.4 Å². The van der Waals surface area contributed by atoms with E-state index in [9.17, 15) is 18.0 Å². The summed E-state index contributed by atoms with van der Waals surface area (Å²) in [4.78, 5) is 28.6. The number of methoxy groups -OCH3 is 1. The smallest absolute Gasteiger partial charge is 0.243 e. The molecule has 10 heteroatoms. The van der Waals surface area contributed by atoms with Crippen LogP contribution in [0, 0.1) is 0 Å². The fourth-order valence-electron chi connectivity index (χ4n) is 4.45. The second kappa shape index (κ2) is 14.7. The third kappa shape index (κ3) is 8.99. The van der Waals surface area contributed by atoms with Gasteiger partial charge in [-0.15, -0.1) is 0 Å². The van der Waals surface area contributed by atoms with Crippen molar-refractivity contribution in [2.45, 2.75) is 38.8 Å². The number of amides is 2. The van der Waals surface area contributed by atoms with Crippen molar-refractivity contribution in [3.63, 3.8) is 0 Å². The van der Waals surface area contributed by atoms with E-state index in [4.69, 9.17) is 16.3 Å². The molecule has 214 valence electrons. The Morgan fingerprint density at radius 3 is 2.33 bits per heavy atom. The molecule has 3 rings (SSSR count). The van der Waals surface area contributed by atoms with Crippen LogP contribution in [0.3, 0.4) is 0 Å². The fourth-order valence-corrected chi connectivity index (χ4v) is 5.62. The summed E-state index contributed by atoms with van der Waals surface area (Å²) < 4.78 is 31.7. The Bertz CT molecular complexity index is 1380. The van der Waals surface area contributed by atoms with Crippen molar-refractivity contribution < 1.29 is 22.7 Å². The monoisotopic (exact) mass is 585 g/mol. The van der Waals surface area contributed by atoms with Gasteiger partial charge in [-0.2, -0.15) is 0 Å². The Hall–Kier alpha value is -3.56. The van der Waals surface area contributed by atoms with E-state index in [0.29, 0.717) is 29.4 Å². The zero-order valence-corrected chi connectivity index (χ0v) is 24.6. The molecular weight excluding hydrogens is 550 g/mol. The molecule has 0 bridgehead atoms. The molecule has 0 spiro atoms. The van der Waals surface area contributed by atoms with Crippen LogP contribution in [0.5, 0.6) is 5.75 Å². The molecule has 3 aromatic rings. The third-order valence-corrected chi connectivity index (χ3v) is 7.79. The van der Waals surface area contributed by atoms with Crippen molar-refractivity contribution in [1.29, 1.82) is 0 Å². The Labute approximate surface area is 241 Å². The molecule has 8 nitrogen and oxygen atoms in total. The van der Waals surface area contributed by atoms with Gasteiger partial charge in [-0.05, 0) is 48.7 Å². The van der Waals surface area contributed by atoms with Gasteiger partial charge in [-0.25, -0.2) is 8.42 Å². The average molecular weight is 586 g/mol. The van der Waals surface area contributed by atoms with E-state index in [1.165, 1.54) is 11.4 Å². The summed E-state index contributed by atoms with van der Waals surface area (Å²) >= 11 is 6.22. The molecule has 0 radical (unpaired) electrons. The lowest BCUT2D eigenvalue weighted by molar-refractivity contribution is -0.141. The average Bonchev–Trinajstić information content (AvgIpc) is 2.93. The van der Waals surface area contributed by atoms with Gasteiger partial charge in [-0.3, -0.25) is 13.9 Å². The normalized spacial score (nSPS) is 11.9. The summed E-state index contributed by atoms with van der Waals surface area (Å²) in [5, 5.41) is 3.40. The molecule has 2 amide bonds. The number of rotatable bonds is 14. The maximum absolute atomic E-state index is 13.8. The molecule has 0 aliphatic carbocycles. The van der Waals surface area contributed by atoms with E-state index < -0.39 is 16.1 Å². The van der Waals surface area contributed by atoms with Gasteiger partial charge in [0.2, 0.25) is 21.8 Å². The van der Waals surface area contributed by atoms with Gasteiger partial charge in [0.25, 0.3) is 0 Å². The van der Waals surface area contributed by atoms with E-state index in [0.717, 1.165) is 17.4 Å². The van der Waals surface area contributed by atoms with Gasteiger partial charge in [0.05, 0.1) is 19.1 Å². The number of sulfonamides is 1. The number of likely N-dealkylation sites (N-methyl/N-ethyl adjacent to an activating group) is 1. The van der Waals surface area contributed by atoms with Crippen LogP contribution in [0.4, 0.5) is 5.69 Å². The predicted molar refractivity (Wildman–Crippen MR) is 159 cm³/mol. The molecule has 1 N–H and O–H groups in total. The lowest BCUT2D eigenvalue weighted by atomic mass is 10.0. The maximum Gasteiger partial charge on any atom is 0.243 e. The first-order valence-electron chi connectivity index (χ1n) is 13.1. The SMILES string of the molecule is CCNC(=O)[C@@H](Cc1ccccc1)N(Cc1cccc(Cl)c1)C(=O)CCCN(c1cccc(OC)c1)S(C)(=O)=O. The molecule has 0 aliphatic rings. The van der Waals surface area contributed by atoms with Gasteiger partial charge < -0.3 is 15.0 Å². The summed E-state index contributed by atoms with van der Waals surface area (Å²) in [5.41, 5.74) is 2.16. The highest BCUT2D eigenvalue weighted by atomic mass is 35.5. The number of nitrogens with zero attached hydrogens (tertiary/aromatic N) is 2. The van der Waals surface area contributed by atoms with Crippen LogP contribution in [0.1, 0.15) is 30.9 Å². The number of hydrogen-bond donors (Lipinski definition) is 1. The van der Waals surface area contributed by atoms with E-state index in [1.807, 2.05) is 43.3 Å². The molecule has 0 aliphatic heterocycles. The molecule has 0 fully saturated rings. The van der Waals surface area contributed by atoms with Crippen LogP contribution in [0.2, 0.25) is 5.02 Å². The third-order valence-electron chi connectivity index (χ3n) is 6.36. The van der Waals surface area contributed by atoms with Crippen LogP contribution in [-0.2, 0) is 32.6 Å². The van der Waals surface area contributed by atoms with Crippen molar-refractivity contribution in [2.75, 3.05) is 30.8 Å². The number of anilines is 1. The number of hydrogen-bond acceptors (Lipinski definition) is 5. The van der Waals surface area contributed by atoms with Crippen molar-refractivity contribution in [1.82, 2.24) is 10.2 Å². The zero-order valence-electron chi connectivity index (χ0n) is 23.0. The molecule has 0 heterocycles. The van der Waals surface area contributed by atoms with Crippen LogP contribution in [0.15, 0.2) is 78.9 Å². The lowest BCUT2D eigenvalue weighted by Crippen LogP contribution is -2.50. The predicted octanol–water partition coefficient (Wildman–Crippen LogP) is 4.67. The minimum absolute atomic E-state index is 0.0429. The van der Waals surface area contributed by atoms with Crippen LogP contribution in [0.25, 0.3) is 0 Å². The van der Waals surface area contributed by atoms with Crippen molar-refractivity contribution in [3.8, 4) is 5.75 Å². The standard InChI is InChI=1S/C30H36ClN3O5S/c1-4-32-30(36)28(20-23-11-6-5-7-12-23)33(22-24-13-8-14-25(31)19-24)29(35)17-10-18-34(40(3,37)38)26-15-9-16-27(21-26)39-2/h5-9,11-16,19,21,28H,4,10,17-18,20,22H2,1-3H3,(H,32,36)/t28-/m1/s1. The second-order valence-electron chi connectivity index (χ2n) is 9.39. The van der Waals surface area contributed by atoms with Gasteiger partial charge in [0.1, 0.15) is 11.8 Å². The quantitative estimate of drug-likeness (QED) is 0.297. The molecule has 40 heavy (non-hydrogen) atoms. The largest absolute Gasteiger partial charge is 0.497 e. The summed E-state index contributed by atoms with van der Waals surface area (Å²) in [6, 6.07) is 22.7. The first-order chi connectivity index (χ1) is 19.1. The molecule has 0 saturated heterocycles. The first-order valence-corrected chi connectivity index (χ1v) is 15.3. The topological polar surface area (TPSA) is 96.0 Å². The van der Waals surface area contributed by atoms with Gasteiger partial charge in [-0.1, -0.05) is 60.1 Å². The minimum atomic E-state index is -3.62. The van der Waals surface area contributed by atoms with Crippen LogP contribution >= 0.6 is 11.6 Å². The van der Waals surface area contributed by atoms with Gasteiger partial charge in [0, 0.05) is 43.6 Å². The van der Waals surface area contributed by atoms with Gasteiger partial charge >= 0.3 is 0 Å². The fraction of sp³-hybridized carbons (Fsp3) is 0.333.